The standard InChI is InChI=1S/C16H20N2O4S/c1-12(13-5-3-2-4-6-13)9-17-14(19)11-22-15(20)10-18-7-8-23-16(18)21/h2-6,12H,7-11H2,1H3,(H,17,19)/t12-/m1/s1. The first-order valence-corrected chi connectivity index (χ1v) is 8.44. The van der Waals surface area contributed by atoms with Crippen molar-refractivity contribution in [3.63, 3.8) is 0 Å². The van der Waals surface area contributed by atoms with Crippen LogP contribution in [0.2, 0.25) is 0 Å². The number of rotatable bonds is 7. The first kappa shape index (κ1) is 17.3. The van der Waals surface area contributed by atoms with E-state index in [0.717, 1.165) is 5.56 Å². The number of nitrogens with one attached hydrogen (secondary N) is 1. The lowest BCUT2D eigenvalue weighted by Crippen LogP contribution is -2.35. The van der Waals surface area contributed by atoms with Gasteiger partial charge in [0.15, 0.2) is 6.61 Å². The van der Waals surface area contributed by atoms with E-state index in [-0.39, 0.29) is 30.2 Å². The van der Waals surface area contributed by atoms with E-state index in [4.69, 9.17) is 4.74 Å². The molecule has 0 unspecified atom stereocenters. The van der Waals surface area contributed by atoms with Gasteiger partial charge in [-0.1, -0.05) is 49.0 Å². The maximum absolute atomic E-state index is 11.7. The molecular formula is C16H20N2O4S. The Morgan fingerprint density at radius 2 is 2.09 bits per heavy atom. The summed E-state index contributed by atoms with van der Waals surface area (Å²) in [6, 6.07) is 9.85. The highest BCUT2D eigenvalue weighted by atomic mass is 32.2. The van der Waals surface area contributed by atoms with Crippen LogP contribution in [0.5, 0.6) is 0 Å². The number of benzene rings is 1. The molecule has 0 aromatic heterocycles. The molecule has 1 aromatic rings. The van der Waals surface area contributed by atoms with Gasteiger partial charge in [-0.2, -0.15) is 0 Å². The predicted molar refractivity (Wildman–Crippen MR) is 88.3 cm³/mol. The monoisotopic (exact) mass is 336 g/mol. The minimum atomic E-state index is -0.563. The summed E-state index contributed by atoms with van der Waals surface area (Å²) in [4.78, 5) is 36.1. The van der Waals surface area contributed by atoms with Crippen molar-refractivity contribution in [2.24, 2.45) is 0 Å². The number of hydrogen-bond donors (Lipinski definition) is 1. The summed E-state index contributed by atoms with van der Waals surface area (Å²) < 4.78 is 4.90. The van der Waals surface area contributed by atoms with Gasteiger partial charge in [-0.15, -0.1) is 0 Å². The van der Waals surface area contributed by atoms with Crippen molar-refractivity contribution in [1.82, 2.24) is 10.2 Å². The molecule has 0 bridgehead atoms. The molecule has 0 saturated carbocycles. The fourth-order valence-corrected chi connectivity index (χ4v) is 2.96. The van der Waals surface area contributed by atoms with Crippen LogP contribution in [0.25, 0.3) is 0 Å². The molecule has 0 aliphatic carbocycles. The second kappa shape index (κ2) is 8.57. The van der Waals surface area contributed by atoms with E-state index in [1.807, 2.05) is 37.3 Å². The van der Waals surface area contributed by atoms with Crippen LogP contribution in [0.15, 0.2) is 30.3 Å². The average molecular weight is 336 g/mol. The zero-order chi connectivity index (χ0) is 16.7. The van der Waals surface area contributed by atoms with Crippen molar-refractivity contribution < 1.29 is 19.1 Å². The summed E-state index contributed by atoms with van der Waals surface area (Å²) in [6.07, 6.45) is 0. The van der Waals surface area contributed by atoms with Crippen molar-refractivity contribution in [2.75, 3.05) is 32.0 Å². The molecule has 1 aromatic carbocycles. The van der Waals surface area contributed by atoms with E-state index in [1.54, 1.807) is 0 Å². The molecule has 7 heteroatoms. The quantitative estimate of drug-likeness (QED) is 0.766. The predicted octanol–water partition coefficient (Wildman–Crippen LogP) is 1.62. The van der Waals surface area contributed by atoms with Gasteiger partial charge in [0, 0.05) is 18.8 Å². The lowest BCUT2D eigenvalue weighted by Gasteiger charge is -2.15. The summed E-state index contributed by atoms with van der Waals surface area (Å²) in [6.45, 7) is 2.61. The van der Waals surface area contributed by atoms with E-state index < -0.39 is 5.97 Å². The highest BCUT2D eigenvalue weighted by Gasteiger charge is 2.24. The Morgan fingerprint density at radius 3 is 2.74 bits per heavy atom. The molecule has 1 aliphatic rings. The molecule has 0 radical (unpaired) electrons. The van der Waals surface area contributed by atoms with Crippen LogP contribution < -0.4 is 5.32 Å². The Balaban J connectivity index is 1.65. The van der Waals surface area contributed by atoms with Crippen molar-refractivity contribution in [2.45, 2.75) is 12.8 Å². The van der Waals surface area contributed by atoms with Crippen molar-refractivity contribution in [3.8, 4) is 0 Å². The van der Waals surface area contributed by atoms with Crippen LogP contribution in [-0.2, 0) is 14.3 Å². The van der Waals surface area contributed by atoms with Gasteiger partial charge in [-0.05, 0) is 11.5 Å². The zero-order valence-electron chi connectivity index (χ0n) is 13.0. The van der Waals surface area contributed by atoms with Gasteiger partial charge < -0.3 is 15.0 Å². The van der Waals surface area contributed by atoms with Crippen LogP contribution in [0, 0.1) is 0 Å². The van der Waals surface area contributed by atoms with Crippen molar-refractivity contribution in [1.29, 1.82) is 0 Å². The number of carbonyl (C=O) groups is 3. The van der Waals surface area contributed by atoms with Gasteiger partial charge in [-0.3, -0.25) is 14.4 Å². The smallest absolute Gasteiger partial charge is 0.326 e. The molecule has 1 N–H and O–H groups in total. The Morgan fingerprint density at radius 1 is 1.35 bits per heavy atom. The first-order valence-electron chi connectivity index (χ1n) is 7.45. The molecule has 1 fully saturated rings. The molecular weight excluding hydrogens is 316 g/mol. The Bertz CT molecular complexity index is 564. The van der Waals surface area contributed by atoms with Crippen LogP contribution in [-0.4, -0.2) is 54.0 Å². The summed E-state index contributed by atoms with van der Waals surface area (Å²) in [7, 11) is 0. The highest BCUT2D eigenvalue weighted by Crippen LogP contribution is 2.16. The van der Waals surface area contributed by atoms with Gasteiger partial charge in [-0.25, -0.2) is 0 Å². The zero-order valence-corrected chi connectivity index (χ0v) is 13.8. The van der Waals surface area contributed by atoms with Crippen LogP contribution in [0.3, 0.4) is 0 Å². The number of amides is 2. The SMILES string of the molecule is C[C@H](CNC(=O)COC(=O)CN1CCSC1=O)c1ccccc1. The summed E-state index contributed by atoms with van der Waals surface area (Å²) in [5, 5.41) is 2.62. The molecule has 1 heterocycles. The second-order valence-electron chi connectivity index (χ2n) is 5.31. The van der Waals surface area contributed by atoms with E-state index >= 15 is 0 Å². The summed E-state index contributed by atoms with van der Waals surface area (Å²) in [5.41, 5.74) is 1.13. The Kier molecular flexibility index (Phi) is 6.46. The minimum Gasteiger partial charge on any atom is -0.454 e. The van der Waals surface area contributed by atoms with E-state index in [1.165, 1.54) is 16.7 Å². The Hall–Kier alpha value is -2.02. The number of ether oxygens (including phenoxy) is 1. The highest BCUT2D eigenvalue weighted by molar-refractivity contribution is 8.13. The van der Waals surface area contributed by atoms with Crippen LogP contribution in [0.4, 0.5) is 4.79 Å². The van der Waals surface area contributed by atoms with Gasteiger partial charge in [0.1, 0.15) is 6.54 Å². The van der Waals surface area contributed by atoms with Crippen LogP contribution in [0.1, 0.15) is 18.4 Å². The van der Waals surface area contributed by atoms with E-state index in [2.05, 4.69) is 5.32 Å². The molecule has 2 rings (SSSR count). The molecule has 1 aliphatic heterocycles. The fourth-order valence-electron chi connectivity index (χ4n) is 2.13. The lowest BCUT2D eigenvalue weighted by atomic mass is 10.0. The molecule has 124 valence electrons. The van der Waals surface area contributed by atoms with Gasteiger partial charge in [0.2, 0.25) is 0 Å². The molecule has 1 saturated heterocycles. The maximum atomic E-state index is 11.7. The minimum absolute atomic E-state index is 0.0977. The molecule has 0 spiro atoms. The third-order valence-corrected chi connectivity index (χ3v) is 4.40. The second-order valence-corrected chi connectivity index (χ2v) is 6.36. The maximum Gasteiger partial charge on any atom is 0.326 e. The van der Waals surface area contributed by atoms with E-state index in [9.17, 15) is 14.4 Å². The number of hydrogen-bond acceptors (Lipinski definition) is 5. The molecule has 6 nitrogen and oxygen atoms in total. The summed E-state index contributed by atoms with van der Waals surface area (Å²) in [5.74, 6) is -0.0466. The molecule has 23 heavy (non-hydrogen) atoms. The van der Waals surface area contributed by atoms with Gasteiger partial charge in [0.25, 0.3) is 11.1 Å². The van der Waals surface area contributed by atoms with Gasteiger partial charge in [0.05, 0.1) is 0 Å². The third kappa shape index (κ3) is 5.59. The molecule has 1 atom stereocenters. The van der Waals surface area contributed by atoms with Crippen LogP contribution >= 0.6 is 11.8 Å². The normalized spacial score (nSPS) is 15.3. The summed E-state index contributed by atoms with van der Waals surface area (Å²) >= 11 is 1.18. The number of carbonyl (C=O) groups excluding carboxylic acids is 3. The first-order chi connectivity index (χ1) is 11.1. The lowest BCUT2D eigenvalue weighted by molar-refractivity contribution is -0.148. The average Bonchev–Trinajstić information content (AvgIpc) is 2.96. The Labute approximate surface area is 139 Å². The third-order valence-electron chi connectivity index (χ3n) is 3.50. The van der Waals surface area contributed by atoms with Crippen molar-refractivity contribution in [3.05, 3.63) is 35.9 Å². The topological polar surface area (TPSA) is 75.7 Å². The number of nitrogens with zero attached hydrogens (tertiary/aromatic N) is 1. The number of esters is 1. The van der Waals surface area contributed by atoms with E-state index in [0.29, 0.717) is 18.8 Å². The number of thioether (sulfide) groups is 1. The fraction of sp³-hybridized carbons (Fsp3) is 0.438. The van der Waals surface area contributed by atoms with Crippen molar-refractivity contribution >= 4 is 28.9 Å². The molecule has 2 amide bonds. The van der Waals surface area contributed by atoms with Gasteiger partial charge >= 0.3 is 5.97 Å². The largest absolute Gasteiger partial charge is 0.454 e.